The normalized spacial score (nSPS) is 11.0. The Morgan fingerprint density at radius 3 is 2.15 bits per heavy atom. The molecule has 0 amide bonds. The summed E-state index contributed by atoms with van der Waals surface area (Å²) in [5.41, 5.74) is 5.81. The smallest absolute Gasteiger partial charge is 0.150 e. The zero-order valence-electron chi connectivity index (χ0n) is 14.7. The van der Waals surface area contributed by atoms with Crippen molar-refractivity contribution in [1.29, 1.82) is 0 Å². The fraction of sp³-hybridized carbons (Fsp3) is 0.0833. The van der Waals surface area contributed by atoms with Gasteiger partial charge >= 0.3 is 0 Å². The lowest BCUT2D eigenvalue weighted by Gasteiger charge is -2.16. The first-order valence-corrected chi connectivity index (χ1v) is 8.60. The third-order valence-corrected chi connectivity index (χ3v) is 5.10. The highest BCUT2D eigenvalue weighted by Crippen LogP contribution is 2.36. The molecule has 2 nitrogen and oxygen atoms in total. The van der Waals surface area contributed by atoms with Crippen LogP contribution >= 0.6 is 0 Å². The number of hydrogen-bond donors (Lipinski definition) is 0. The molecule has 0 atom stereocenters. The number of carbonyl (C=O) groups is 2. The molecule has 0 radical (unpaired) electrons. The first-order valence-electron chi connectivity index (χ1n) is 8.60. The SMILES string of the molecule is Cc1cc2cccc(C=O)c2c(C)c1-c1ccc2cccc(C=O)c2c1. The minimum absolute atomic E-state index is 0.689. The summed E-state index contributed by atoms with van der Waals surface area (Å²) in [4.78, 5) is 22.9. The molecule has 0 unspecified atom stereocenters. The highest BCUT2D eigenvalue weighted by atomic mass is 16.1. The van der Waals surface area contributed by atoms with E-state index >= 15 is 0 Å². The maximum atomic E-state index is 11.5. The highest BCUT2D eigenvalue weighted by molar-refractivity contribution is 6.05. The van der Waals surface area contributed by atoms with Gasteiger partial charge in [-0.25, -0.2) is 0 Å². The van der Waals surface area contributed by atoms with Crippen molar-refractivity contribution in [2.24, 2.45) is 0 Å². The Hall–Kier alpha value is -3.26. The summed E-state index contributed by atoms with van der Waals surface area (Å²) in [6.07, 6.45) is 1.82. The second-order valence-electron chi connectivity index (χ2n) is 6.66. The van der Waals surface area contributed by atoms with Crippen molar-refractivity contribution in [1.82, 2.24) is 0 Å². The van der Waals surface area contributed by atoms with E-state index in [9.17, 15) is 9.59 Å². The van der Waals surface area contributed by atoms with Gasteiger partial charge in [0.15, 0.2) is 12.6 Å². The molecule has 0 heterocycles. The van der Waals surface area contributed by atoms with E-state index in [-0.39, 0.29) is 0 Å². The van der Waals surface area contributed by atoms with Crippen LogP contribution in [0.25, 0.3) is 32.7 Å². The number of hydrogen-bond acceptors (Lipinski definition) is 2. The van der Waals surface area contributed by atoms with Crippen LogP contribution < -0.4 is 0 Å². The maximum absolute atomic E-state index is 11.5. The second kappa shape index (κ2) is 6.23. The monoisotopic (exact) mass is 338 g/mol. The van der Waals surface area contributed by atoms with E-state index < -0.39 is 0 Å². The Bertz CT molecular complexity index is 1190. The van der Waals surface area contributed by atoms with E-state index in [0.717, 1.165) is 56.4 Å². The predicted molar refractivity (Wildman–Crippen MR) is 107 cm³/mol. The topological polar surface area (TPSA) is 34.1 Å². The van der Waals surface area contributed by atoms with Gasteiger partial charge in [0.25, 0.3) is 0 Å². The van der Waals surface area contributed by atoms with Gasteiger partial charge in [0, 0.05) is 11.1 Å². The number of aryl methyl sites for hydroxylation is 2. The molecular weight excluding hydrogens is 320 g/mol. The molecular formula is C24H18O2. The zero-order chi connectivity index (χ0) is 18.3. The summed E-state index contributed by atoms with van der Waals surface area (Å²) >= 11 is 0. The molecule has 0 N–H and O–H groups in total. The van der Waals surface area contributed by atoms with Gasteiger partial charge in [-0.05, 0) is 63.7 Å². The molecule has 0 aliphatic carbocycles. The third kappa shape index (κ3) is 2.42. The minimum Gasteiger partial charge on any atom is -0.298 e. The van der Waals surface area contributed by atoms with Crippen LogP contribution in [0, 0.1) is 13.8 Å². The van der Waals surface area contributed by atoms with Crippen molar-refractivity contribution >= 4 is 34.1 Å². The lowest BCUT2D eigenvalue weighted by molar-refractivity contribution is 0.111. The van der Waals surface area contributed by atoms with Crippen molar-refractivity contribution in [2.75, 3.05) is 0 Å². The fourth-order valence-electron chi connectivity index (χ4n) is 3.97. The van der Waals surface area contributed by atoms with E-state index in [1.165, 1.54) is 0 Å². The summed E-state index contributed by atoms with van der Waals surface area (Å²) in [5, 5.41) is 4.06. The van der Waals surface area contributed by atoms with E-state index in [1.54, 1.807) is 0 Å². The number of carbonyl (C=O) groups excluding carboxylic acids is 2. The van der Waals surface area contributed by atoms with Crippen LogP contribution in [0.15, 0.2) is 60.7 Å². The quantitative estimate of drug-likeness (QED) is 0.436. The van der Waals surface area contributed by atoms with Crippen LogP contribution in [0.4, 0.5) is 0 Å². The molecule has 0 aliphatic heterocycles. The number of aldehydes is 2. The molecule has 0 aliphatic rings. The Kier molecular flexibility index (Phi) is 3.89. The van der Waals surface area contributed by atoms with Crippen LogP contribution in [0.3, 0.4) is 0 Å². The molecule has 26 heavy (non-hydrogen) atoms. The van der Waals surface area contributed by atoms with Crippen LogP contribution in [0.2, 0.25) is 0 Å². The van der Waals surface area contributed by atoms with Gasteiger partial charge in [0.05, 0.1) is 0 Å². The standard InChI is InChI=1S/C24H18O2/c1-15-11-18-6-4-8-21(14-26)24(18)16(2)23(15)19-10-9-17-5-3-7-20(13-25)22(17)12-19/h3-14H,1-2H3. The Labute approximate surface area is 152 Å². The first kappa shape index (κ1) is 16.2. The van der Waals surface area contributed by atoms with Gasteiger partial charge in [0.1, 0.15) is 0 Å². The molecule has 4 aromatic carbocycles. The van der Waals surface area contributed by atoms with E-state index in [0.29, 0.717) is 11.1 Å². The summed E-state index contributed by atoms with van der Waals surface area (Å²) in [5.74, 6) is 0. The van der Waals surface area contributed by atoms with Crippen LogP contribution in [-0.4, -0.2) is 12.6 Å². The summed E-state index contributed by atoms with van der Waals surface area (Å²) in [7, 11) is 0. The Morgan fingerprint density at radius 1 is 0.731 bits per heavy atom. The van der Waals surface area contributed by atoms with Crippen molar-refractivity contribution in [3.63, 3.8) is 0 Å². The first-order chi connectivity index (χ1) is 12.6. The molecule has 0 aromatic heterocycles. The largest absolute Gasteiger partial charge is 0.298 e. The maximum Gasteiger partial charge on any atom is 0.150 e. The third-order valence-electron chi connectivity index (χ3n) is 5.10. The van der Waals surface area contributed by atoms with Crippen LogP contribution in [0.1, 0.15) is 31.8 Å². The second-order valence-corrected chi connectivity index (χ2v) is 6.66. The molecule has 0 saturated carbocycles. The van der Waals surface area contributed by atoms with Crippen molar-refractivity contribution in [3.05, 3.63) is 82.9 Å². The van der Waals surface area contributed by atoms with E-state index in [2.05, 4.69) is 32.0 Å². The fourth-order valence-corrected chi connectivity index (χ4v) is 3.97. The molecule has 0 saturated heterocycles. The average Bonchev–Trinajstić information content (AvgIpc) is 2.66. The molecule has 0 spiro atoms. The van der Waals surface area contributed by atoms with Crippen LogP contribution in [-0.2, 0) is 0 Å². The average molecular weight is 338 g/mol. The van der Waals surface area contributed by atoms with Crippen molar-refractivity contribution in [3.8, 4) is 11.1 Å². The molecule has 126 valence electrons. The highest BCUT2D eigenvalue weighted by Gasteiger charge is 2.13. The van der Waals surface area contributed by atoms with Crippen molar-refractivity contribution < 1.29 is 9.59 Å². The van der Waals surface area contributed by atoms with Gasteiger partial charge in [-0.3, -0.25) is 9.59 Å². The summed E-state index contributed by atoms with van der Waals surface area (Å²) in [6, 6.07) is 19.9. The van der Waals surface area contributed by atoms with Gasteiger partial charge < -0.3 is 0 Å². The molecule has 2 heteroatoms. The lowest BCUT2D eigenvalue weighted by atomic mass is 9.88. The summed E-state index contributed by atoms with van der Waals surface area (Å²) < 4.78 is 0. The minimum atomic E-state index is 0.689. The van der Waals surface area contributed by atoms with Crippen molar-refractivity contribution in [2.45, 2.75) is 13.8 Å². The number of benzene rings is 4. The van der Waals surface area contributed by atoms with E-state index in [4.69, 9.17) is 0 Å². The van der Waals surface area contributed by atoms with Gasteiger partial charge in [0.2, 0.25) is 0 Å². The van der Waals surface area contributed by atoms with Gasteiger partial charge in [-0.2, -0.15) is 0 Å². The van der Waals surface area contributed by atoms with Crippen LogP contribution in [0.5, 0.6) is 0 Å². The van der Waals surface area contributed by atoms with E-state index in [1.807, 2.05) is 42.5 Å². The number of rotatable bonds is 3. The lowest BCUT2D eigenvalue weighted by Crippen LogP contribution is -1.94. The molecule has 0 fully saturated rings. The predicted octanol–water partition coefficient (Wildman–Crippen LogP) is 5.90. The van der Waals surface area contributed by atoms with Gasteiger partial charge in [-0.1, -0.05) is 54.6 Å². The Morgan fingerprint density at radius 2 is 1.42 bits per heavy atom. The molecule has 4 aromatic rings. The zero-order valence-corrected chi connectivity index (χ0v) is 14.7. The Balaban J connectivity index is 2.07. The summed E-state index contributed by atoms with van der Waals surface area (Å²) in [6.45, 7) is 4.15. The molecule has 4 rings (SSSR count). The number of fused-ring (bicyclic) bond motifs is 2. The molecule has 0 bridgehead atoms. The van der Waals surface area contributed by atoms with Gasteiger partial charge in [-0.15, -0.1) is 0 Å².